The molecule has 0 bridgehead atoms. The quantitative estimate of drug-likeness (QED) is 0.732. The van der Waals surface area contributed by atoms with Crippen LogP contribution in [0.15, 0.2) is 18.2 Å². The number of alkyl halides is 1. The summed E-state index contributed by atoms with van der Waals surface area (Å²) in [7, 11) is 1.55. The van der Waals surface area contributed by atoms with Crippen molar-refractivity contribution >= 4 is 15.9 Å². The van der Waals surface area contributed by atoms with Crippen molar-refractivity contribution in [2.45, 2.75) is 31.5 Å². The Bertz CT molecular complexity index is 378. The number of rotatable bonds is 2. The highest BCUT2D eigenvalue weighted by atomic mass is 79.9. The van der Waals surface area contributed by atoms with E-state index >= 15 is 0 Å². The van der Waals surface area contributed by atoms with Gasteiger partial charge >= 0.3 is 0 Å². The van der Waals surface area contributed by atoms with Gasteiger partial charge in [-0.25, -0.2) is 0 Å². The number of methoxy groups -OCH3 is 1. The van der Waals surface area contributed by atoms with Gasteiger partial charge in [-0.2, -0.15) is 0 Å². The minimum absolute atomic E-state index is 0.000723. The topological polar surface area (TPSA) is 9.23 Å². The Hall–Kier alpha value is -0.500. The molecule has 0 aliphatic rings. The molecular formula is C12H17BrO. The van der Waals surface area contributed by atoms with E-state index in [1.54, 1.807) is 7.11 Å². The van der Waals surface area contributed by atoms with Gasteiger partial charge in [0.25, 0.3) is 0 Å². The molecule has 1 nitrogen and oxygen atoms in total. The van der Waals surface area contributed by atoms with Gasteiger partial charge in [-0.3, -0.25) is 0 Å². The van der Waals surface area contributed by atoms with Crippen molar-refractivity contribution in [1.82, 2.24) is 0 Å². The summed E-state index contributed by atoms with van der Waals surface area (Å²) in [4.78, 5) is 0. The van der Waals surface area contributed by atoms with E-state index in [0.717, 1.165) is 5.56 Å². The van der Waals surface area contributed by atoms with Crippen LogP contribution in [0.2, 0.25) is 0 Å². The molecule has 0 heterocycles. The number of hydrogen-bond acceptors (Lipinski definition) is 1. The molecule has 0 aliphatic carbocycles. The maximum Gasteiger partial charge on any atom is 0.122 e. The molecule has 1 rings (SSSR count). The maximum absolute atomic E-state index is 7.72. The van der Waals surface area contributed by atoms with E-state index in [9.17, 15) is 0 Å². The van der Waals surface area contributed by atoms with Crippen molar-refractivity contribution in [1.29, 1.82) is 0 Å². The first kappa shape index (κ1) is 8.78. The molecule has 0 saturated carbocycles. The molecule has 0 saturated heterocycles. The van der Waals surface area contributed by atoms with Gasteiger partial charge in [0.1, 0.15) is 5.75 Å². The fourth-order valence-electron chi connectivity index (χ4n) is 1.25. The van der Waals surface area contributed by atoms with E-state index in [1.807, 2.05) is 18.2 Å². The second-order valence-electron chi connectivity index (χ2n) is 4.26. The molecule has 0 aliphatic heterocycles. The molecule has 14 heavy (non-hydrogen) atoms. The lowest BCUT2D eigenvalue weighted by molar-refractivity contribution is 0.410. The van der Waals surface area contributed by atoms with E-state index in [1.165, 1.54) is 0 Å². The molecule has 0 amide bonds. The van der Waals surface area contributed by atoms with Gasteiger partial charge in [-0.05, 0) is 17.0 Å². The van der Waals surface area contributed by atoms with Crippen molar-refractivity contribution in [2.24, 2.45) is 0 Å². The molecule has 0 atom stereocenters. The first-order valence-corrected chi connectivity index (χ1v) is 5.33. The van der Waals surface area contributed by atoms with Gasteiger partial charge in [0.15, 0.2) is 0 Å². The van der Waals surface area contributed by atoms with Crippen LogP contribution in [0.1, 0.15) is 34.6 Å². The van der Waals surface area contributed by atoms with Crippen LogP contribution in [0.4, 0.5) is 0 Å². The van der Waals surface area contributed by atoms with Crippen molar-refractivity contribution in [3.63, 3.8) is 0 Å². The monoisotopic (exact) mass is 258 g/mol. The summed E-state index contributed by atoms with van der Waals surface area (Å²) < 4.78 is 20.6. The predicted octanol–water partition coefficient (Wildman–Crippen LogP) is 3.89. The molecule has 0 fully saturated rings. The fraction of sp³-hybridized carbons (Fsp3) is 0.500. The van der Waals surface area contributed by atoms with Gasteiger partial charge in [0.2, 0.25) is 0 Å². The SMILES string of the molecule is [2H]C([2H])(Br)c1cc(C(C)(C)C)ccc1OC. The van der Waals surface area contributed by atoms with Crippen molar-refractivity contribution in [3.05, 3.63) is 29.3 Å². The molecule has 1 aromatic rings. The third-order valence-corrected chi connectivity index (χ3v) is 2.59. The number of halogens is 1. The Morgan fingerprint density at radius 2 is 2.07 bits per heavy atom. The Morgan fingerprint density at radius 3 is 2.50 bits per heavy atom. The number of benzene rings is 1. The summed E-state index contributed by atoms with van der Waals surface area (Å²) in [6.07, 6.45) is 0. The Labute approximate surface area is 97.4 Å². The van der Waals surface area contributed by atoms with Crippen LogP contribution >= 0.6 is 15.9 Å². The highest BCUT2D eigenvalue weighted by Gasteiger charge is 2.15. The average Bonchev–Trinajstić information content (AvgIpc) is 2.14. The molecule has 0 spiro atoms. The van der Waals surface area contributed by atoms with Gasteiger partial charge in [-0.1, -0.05) is 48.8 Å². The van der Waals surface area contributed by atoms with Crippen LogP contribution in [-0.2, 0) is 10.7 Å². The second-order valence-corrected chi connectivity index (χ2v) is 4.66. The standard InChI is InChI=1S/C12H17BrO/c1-12(2,3)10-5-6-11(14-4)9(7-10)8-13/h5-7H,8H2,1-4H3/i8D2. The van der Waals surface area contributed by atoms with E-state index < -0.39 is 5.28 Å². The summed E-state index contributed by atoms with van der Waals surface area (Å²) in [6, 6.07) is 5.64. The van der Waals surface area contributed by atoms with Crippen LogP contribution in [0.25, 0.3) is 0 Å². The first-order valence-electron chi connectivity index (χ1n) is 5.54. The van der Waals surface area contributed by atoms with Crippen LogP contribution in [0, 0.1) is 0 Å². The molecule has 1 aromatic carbocycles. The number of ether oxygens (including phenoxy) is 1. The normalized spacial score (nSPS) is 14.6. The average molecular weight is 259 g/mol. The highest BCUT2D eigenvalue weighted by molar-refractivity contribution is 9.08. The largest absolute Gasteiger partial charge is 0.496 e. The summed E-state index contributed by atoms with van der Waals surface area (Å²) in [5, 5.41) is -1.57. The van der Waals surface area contributed by atoms with Crippen LogP contribution in [0.5, 0.6) is 5.75 Å². The van der Waals surface area contributed by atoms with Crippen LogP contribution < -0.4 is 4.74 Å². The maximum atomic E-state index is 7.72. The Balaban J connectivity index is 3.34. The second kappa shape index (κ2) is 4.35. The fourth-order valence-corrected chi connectivity index (χ4v) is 1.56. The lowest BCUT2D eigenvalue weighted by Gasteiger charge is -2.20. The summed E-state index contributed by atoms with van der Waals surface area (Å²) >= 11 is 3.03. The van der Waals surface area contributed by atoms with Gasteiger partial charge in [0, 0.05) is 13.6 Å². The smallest absolute Gasteiger partial charge is 0.122 e. The third-order valence-electron chi connectivity index (χ3n) is 2.17. The first-order chi connectivity index (χ1) is 7.16. The summed E-state index contributed by atoms with van der Waals surface area (Å²) in [5.41, 5.74) is 1.62. The van der Waals surface area contributed by atoms with Crippen molar-refractivity contribution in [3.8, 4) is 5.75 Å². The number of hydrogen-bond donors (Lipinski definition) is 0. The van der Waals surface area contributed by atoms with Crippen LogP contribution in [0.3, 0.4) is 0 Å². The van der Waals surface area contributed by atoms with E-state index in [4.69, 9.17) is 7.48 Å². The van der Waals surface area contributed by atoms with Gasteiger partial charge in [-0.15, -0.1) is 0 Å². The molecular weight excluding hydrogens is 240 g/mol. The Kier molecular flexibility index (Phi) is 2.73. The minimum Gasteiger partial charge on any atom is -0.496 e. The minimum atomic E-state index is -1.57. The van der Waals surface area contributed by atoms with Crippen LogP contribution in [-0.4, -0.2) is 7.11 Å². The highest BCUT2D eigenvalue weighted by Crippen LogP contribution is 2.28. The summed E-state index contributed by atoms with van der Waals surface area (Å²) in [6.45, 7) is 6.30. The van der Waals surface area contributed by atoms with Crippen molar-refractivity contribution in [2.75, 3.05) is 7.11 Å². The van der Waals surface area contributed by atoms with Gasteiger partial charge < -0.3 is 4.74 Å². The zero-order valence-corrected chi connectivity index (χ0v) is 10.6. The zero-order chi connectivity index (χ0) is 12.6. The molecule has 78 valence electrons. The predicted molar refractivity (Wildman–Crippen MR) is 64.3 cm³/mol. The lowest BCUT2D eigenvalue weighted by atomic mass is 9.86. The zero-order valence-electron chi connectivity index (χ0n) is 11.0. The lowest BCUT2D eigenvalue weighted by Crippen LogP contribution is -2.11. The molecule has 0 N–H and O–H groups in total. The van der Waals surface area contributed by atoms with Gasteiger partial charge in [0.05, 0.1) is 7.11 Å². The molecule has 0 unspecified atom stereocenters. The molecule has 0 radical (unpaired) electrons. The molecule has 2 heteroatoms. The third kappa shape index (κ3) is 2.50. The molecule has 0 aromatic heterocycles. The van der Waals surface area contributed by atoms with E-state index in [0.29, 0.717) is 11.3 Å². The van der Waals surface area contributed by atoms with E-state index in [2.05, 4.69) is 36.7 Å². The summed E-state index contributed by atoms with van der Waals surface area (Å²) in [5.74, 6) is 0.565. The van der Waals surface area contributed by atoms with Crippen molar-refractivity contribution < 1.29 is 7.48 Å². The Morgan fingerprint density at radius 1 is 1.43 bits per heavy atom. The van der Waals surface area contributed by atoms with E-state index in [-0.39, 0.29) is 5.41 Å².